The number of fused-ring (bicyclic) bond motifs is 1. The fraction of sp³-hybridized carbons (Fsp3) is 0.0500. The maximum Gasteiger partial charge on any atom is 0.189 e. The van der Waals surface area contributed by atoms with Gasteiger partial charge >= 0.3 is 0 Å². The van der Waals surface area contributed by atoms with Gasteiger partial charge in [0.1, 0.15) is 11.5 Å². The minimum absolute atomic E-state index is 0.0448. The van der Waals surface area contributed by atoms with E-state index in [1.165, 1.54) is 6.08 Å². The topological polar surface area (TPSA) is 46.5 Å². The Morgan fingerprint density at radius 2 is 1.61 bits per heavy atom. The van der Waals surface area contributed by atoms with Crippen molar-refractivity contribution in [3.05, 3.63) is 83.9 Å². The molecule has 0 fully saturated rings. The van der Waals surface area contributed by atoms with Gasteiger partial charge in [-0.05, 0) is 29.0 Å². The van der Waals surface area contributed by atoms with E-state index in [0.29, 0.717) is 11.1 Å². The van der Waals surface area contributed by atoms with Crippen LogP contribution in [0.5, 0.6) is 5.75 Å². The molecule has 0 saturated carbocycles. The van der Waals surface area contributed by atoms with Crippen molar-refractivity contribution in [2.75, 3.05) is 7.11 Å². The zero-order valence-corrected chi connectivity index (χ0v) is 12.7. The standard InChI is InChI=1S/C20H16O3/c1-23-18-10-9-15-11-17(8-7-16(15)12-18)20(22)13-19(21)14-5-3-2-4-6-14/h2-13,22H,1H3/b20-13-. The Morgan fingerprint density at radius 3 is 2.35 bits per heavy atom. The summed E-state index contributed by atoms with van der Waals surface area (Å²) in [5, 5.41) is 12.2. The van der Waals surface area contributed by atoms with Gasteiger partial charge in [0.25, 0.3) is 0 Å². The van der Waals surface area contributed by atoms with Gasteiger partial charge in [-0.15, -0.1) is 0 Å². The highest BCUT2D eigenvalue weighted by Crippen LogP contribution is 2.24. The first-order valence-electron chi connectivity index (χ1n) is 7.25. The molecule has 0 heterocycles. The van der Waals surface area contributed by atoms with E-state index in [9.17, 15) is 9.90 Å². The van der Waals surface area contributed by atoms with Crippen LogP contribution >= 0.6 is 0 Å². The highest BCUT2D eigenvalue weighted by Gasteiger charge is 2.07. The third kappa shape index (κ3) is 3.24. The minimum atomic E-state index is -0.224. The maximum absolute atomic E-state index is 12.1. The quantitative estimate of drug-likeness (QED) is 0.434. The summed E-state index contributed by atoms with van der Waals surface area (Å²) in [4.78, 5) is 12.1. The number of carbonyl (C=O) groups is 1. The van der Waals surface area contributed by atoms with Crippen LogP contribution in [0.4, 0.5) is 0 Å². The number of aliphatic hydroxyl groups excluding tert-OH is 1. The fourth-order valence-electron chi connectivity index (χ4n) is 2.40. The molecule has 114 valence electrons. The van der Waals surface area contributed by atoms with Crippen molar-refractivity contribution in [1.82, 2.24) is 0 Å². The summed E-state index contributed by atoms with van der Waals surface area (Å²) in [5.74, 6) is 0.513. The van der Waals surface area contributed by atoms with E-state index >= 15 is 0 Å². The third-order valence-electron chi connectivity index (χ3n) is 3.67. The molecule has 0 aliphatic rings. The van der Waals surface area contributed by atoms with Gasteiger partial charge in [-0.25, -0.2) is 0 Å². The first kappa shape index (κ1) is 14.9. The fourth-order valence-corrected chi connectivity index (χ4v) is 2.40. The first-order chi connectivity index (χ1) is 11.2. The van der Waals surface area contributed by atoms with Crippen LogP contribution in [0.2, 0.25) is 0 Å². The Labute approximate surface area is 134 Å². The predicted molar refractivity (Wildman–Crippen MR) is 91.9 cm³/mol. The Bertz CT molecular complexity index is 880. The van der Waals surface area contributed by atoms with Crippen molar-refractivity contribution in [1.29, 1.82) is 0 Å². The molecule has 0 radical (unpaired) electrons. The van der Waals surface area contributed by atoms with Crippen LogP contribution in [0.1, 0.15) is 15.9 Å². The lowest BCUT2D eigenvalue weighted by Gasteiger charge is -2.05. The van der Waals surface area contributed by atoms with Crippen LogP contribution in [0.3, 0.4) is 0 Å². The second kappa shape index (κ2) is 6.36. The number of methoxy groups -OCH3 is 1. The van der Waals surface area contributed by atoms with Crippen LogP contribution in [0.15, 0.2) is 72.8 Å². The summed E-state index contributed by atoms with van der Waals surface area (Å²) in [5.41, 5.74) is 1.15. The molecule has 0 spiro atoms. The summed E-state index contributed by atoms with van der Waals surface area (Å²) >= 11 is 0. The number of ether oxygens (including phenoxy) is 1. The van der Waals surface area contributed by atoms with Crippen molar-refractivity contribution < 1.29 is 14.6 Å². The molecule has 0 aliphatic heterocycles. The monoisotopic (exact) mass is 304 g/mol. The van der Waals surface area contributed by atoms with Gasteiger partial charge in [-0.3, -0.25) is 4.79 Å². The summed E-state index contributed by atoms with van der Waals surface area (Å²) in [6.07, 6.45) is 1.25. The van der Waals surface area contributed by atoms with Crippen molar-refractivity contribution in [2.24, 2.45) is 0 Å². The van der Waals surface area contributed by atoms with Crippen LogP contribution in [0, 0.1) is 0 Å². The molecule has 0 aromatic heterocycles. The van der Waals surface area contributed by atoms with E-state index in [2.05, 4.69) is 0 Å². The molecule has 0 bridgehead atoms. The van der Waals surface area contributed by atoms with Crippen LogP contribution < -0.4 is 4.74 Å². The normalized spacial score (nSPS) is 11.4. The Morgan fingerprint density at radius 1 is 0.913 bits per heavy atom. The number of allylic oxidation sites excluding steroid dienone is 1. The van der Waals surface area contributed by atoms with Crippen LogP contribution in [-0.4, -0.2) is 18.0 Å². The summed E-state index contributed by atoms with van der Waals surface area (Å²) in [6.45, 7) is 0. The SMILES string of the molecule is COc1ccc2cc(/C(O)=C/C(=O)c3ccccc3)ccc2c1. The number of hydrogen-bond donors (Lipinski definition) is 1. The van der Waals surface area contributed by atoms with Crippen molar-refractivity contribution in [3.8, 4) is 5.75 Å². The zero-order valence-electron chi connectivity index (χ0n) is 12.7. The lowest BCUT2D eigenvalue weighted by Crippen LogP contribution is -1.96. The average molecular weight is 304 g/mol. The van der Waals surface area contributed by atoms with Gasteiger partial charge < -0.3 is 9.84 Å². The van der Waals surface area contributed by atoms with Gasteiger partial charge in [-0.2, -0.15) is 0 Å². The molecule has 3 heteroatoms. The molecule has 1 N–H and O–H groups in total. The Hall–Kier alpha value is -3.07. The van der Waals surface area contributed by atoms with E-state index in [1.54, 1.807) is 37.4 Å². The smallest absolute Gasteiger partial charge is 0.189 e. The largest absolute Gasteiger partial charge is 0.507 e. The molecule has 0 amide bonds. The first-order valence-corrected chi connectivity index (χ1v) is 7.25. The molecule has 0 aliphatic carbocycles. The highest BCUT2D eigenvalue weighted by molar-refractivity contribution is 6.08. The van der Waals surface area contributed by atoms with Crippen molar-refractivity contribution >= 4 is 22.3 Å². The van der Waals surface area contributed by atoms with E-state index < -0.39 is 0 Å². The van der Waals surface area contributed by atoms with Gasteiger partial charge in [0.2, 0.25) is 0 Å². The van der Waals surface area contributed by atoms with E-state index in [0.717, 1.165) is 16.5 Å². The second-order valence-corrected chi connectivity index (χ2v) is 5.19. The maximum atomic E-state index is 12.1. The van der Waals surface area contributed by atoms with Gasteiger partial charge in [-0.1, -0.05) is 48.5 Å². The molecule has 3 nitrogen and oxygen atoms in total. The molecular formula is C20H16O3. The van der Waals surface area contributed by atoms with E-state index in [-0.39, 0.29) is 11.5 Å². The number of hydrogen-bond acceptors (Lipinski definition) is 3. The molecule has 0 atom stereocenters. The number of benzene rings is 3. The predicted octanol–water partition coefficient (Wildman–Crippen LogP) is 4.63. The number of rotatable bonds is 4. The van der Waals surface area contributed by atoms with Crippen molar-refractivity contribution in [3.63, 3.8) is 0 Å². The molecular weight excluding hydrogens is 288 g/mol. The van der Waals surface area contributed by atoms with Crippen LogP contribution in [-0.2, 0) is 0 Å². The number of aliphatic hydroxyl groups is 1. The Kier molecular flexibility index (Phi) is 4.11. The Balaban J connectivity index is 1.93. The third-order valence-corrected chi connectivity index (χ3v) is 3.67. The molecule has 0 unspecified atom stereocenters. The molecule has 3 aromatic rings. The van der Waals surface area contributed by atoms with E-state index in [1.807, 2.05) is 36.4 Å². The van der Waals surface area contributed by atoms with Gasteiger partial charge in [0, 0.05) is 17.2 Å². The second-order valence-electron chi connectivity index (χ2n) is 5.19. The average Bonchev–Trinajstić information content (AvgIpc) is 2.61. The minimum Gasteiger partial charge on any atom is -0.507 e. The van der Waals surface area contributed by atoms with Crippen LogP contribution in [0.25, 0.3) is 16.5 Å². The number of carbonyl (C=O) groups excluding carboxylic acids is 1. The molecule has 0 saturated heterocycles. The summed E-state index contributed by atoms with van der Waals surface area (Å²) in [6, 6.07) is 20.1. The summed E-state index contributed by atoms with van der Waals surface area (Å²) < 4.78 is 5.20. The lowest BCUT2D eigenvalue weighted by atomic mass is 10.0. The molecule has 3 rings (SSSR count). The van der Waals surface area contributed by atoms with Crippen molar-refractivity contribution in [2.45, 2.75) is 0 Å². The lowest BCUT2D eigenvalue weighted by molar-refractivity contribution is 0.104. The summed E-state index contributed by atoms with van der Waals surface area (Å²) in [7, 11) is 1.62. The molecule has 3 aromatic carbocycles. The number of ketones is 1. The highest BCUT2D eigenvalue weighted by atomic mass is 16.5. The van der Waals surface area contributed by atoms with Gasteiger partial charge in [0.05, 0.1) is 7.11 Å². The van der Waals surface area contributed by atoms with Gasteiger partial charge in [0.15, 0.2) is 5.78 Å². The zero-order chi connectivity index (χ0) is 16.2. The van der Waals surface area contributed by atoms with E-state index in [4.69, 9.17) is 4.74 Å². The molecule has 23 heavy (non-hydrogen) atoms.